The largest absolute Gasteiger partial charge is 0.490 e. The topological polar surface area (TPSA) is 47.6 Å². The van der Waals surface area contributed by atoms with Crippen LogP contribution in [0.1, 0.15) is 19.8 Å². The fraction of sp³-hybridized carbons (Fsp3) is 0.278. The van der Waals surface area contributed by atoms with E-state index in [0.717, 1.165) is 15.0 Å². The number of rotatable bonds is 8. The third-order valence-electron chi connectivity index (χ3n) is 3.06. The van der Waals surface area contributed by atoms with Crippen LogP contribution < -0.4 is 14.8 Å². The van der Waals surface area contributed by atoms with Crippen LogP contribution in [-0.2, 0) is 4.79 Å². The molecule has 0 saturated heterocycles. The van der Waals surface area contributed by atoms with Gasteiger partial charge in [-0.15, -0.1) is 0 Å². The van der Waals surface area contributed by atoms with Gasteiger partial charge >= 0.3 is 0 Å². The summed E-state index contributed by atoms with van der Waals surface area (Å²) in [4.78, 5) is 11.9. The van der Waals surface area contributed by atoms with Gasteiger partial charge in [0.05, 0.1) is 13.2 Å². The highest BCUT2D eigenvalue weighted by Gasteiger charge is 2.05. The lowest BCUT2D eigenvalue weighted by atomic mass is 10.2. The second-order valence-electron chi connectivity index (χ2n) is 4.89. The van der Waals surface area contributed by atoms with Crippen molar-refractivity contribution in [1.82, 2.24) is 0 Å². The molecule has 1 amide bonds. The zero-order valence-corrected chi connectivity index (χ0v) is 15.2. The maximum absolute atomic E-state index is 11.9. The number of hydrogen-bond acceptors (Lipinski definition) is 3. The van der Waals surface area contributed by atoms with Gasteiger partial charge in [-0.2, -0.15) is 0 Å². The van der Waals surface area contributed by atoms with Crippen LogP contribution in [0.5, 0.6) is 11.5 Å². The van der Waals surface area contributed by atoms with Crippen LogP contribution in [-0.4, -0.2) is 19.1 Å². The van der Waals surface area contributed by atoms with E-state index in [9.17, 15) is 4.79 Å². The summed E-state index contributed by atoms with van der Waals surface area (Å²) in [6, 6.07) is 15.3. The van der Waals surface area contributed by atoms with Crippen LogP contribution in [0.15, 0.2) is 48.5 Å². The quantitative estimate of drug-likeness (QED) is 0.501. The fourth-order valence-electron chi connectivity index (χ4n) is 2.05. The molecule has 2 aromatic rings. The van der Waals surface area contributed by atoms with E-state index >= 15 is 0 Å². The molecule has 0 saturated carbocycles. The Hall–Kier alpha value is -1.76. The Kier molecular flexibility index (Phi) is 7.19. The number of halogens is 1. The van der Waals surface area contributed by atoms with Crippen LogP contribution in [0, 0.1) is 3.57 Å². The van der Waals surface area contributed by atoms with Crippen LogP contribution >= 0.6 is 22.6 Å². The molecule has 0 radical (unpaired) electrons. The average Bonchev–Trinajstić information content (AvgIpc) is 2.53. The second-order valence-corrected chi connectivity index (χ2v) is 6.14. The smallest absolute Gasteiger partial charge is 0.224 e. The van der Waals surface area contributed by atoms with Gasteiger partial charge in [0, 0.05) is 15.7 Å². The van der Waals surface area contributed by atoms with E-state index in [1.165, 1.54) is 0 Å². The Labute approximate surface area is 150 Å². The molecule has 0 bridgehead atoms. The highest BCUT2D eigenvalue weighted by atomic mass is 127. The SMILES string of the molecule is CCOc1ccccc1OCCCC(=O)Nc1cccc(I)c1. The van der Waals surface area contributed by atoms with E-state index in [2.05, 4.69) is 27.9 Å². The van der Waals surface area contributed by atoms with Crippen LogP contribution in [0.3, 0.4) is 0 Å². The van der Waals surface area contributed by atoms with Crippen molar-refractivity contribution in [3.05, 3.63) is 52.1 Å². The van der Waals surface area contributed by atoms with E-state index < -0.39 is 0 Å². The summed E-state index contributed by atoms with van der Waals surface area (Å²) < 4.78 is 12.3. The Balaban J connectivity index is 1.74. The van der Waals surface area contributed by atoms with Gasteiger partial charge in [0.15, 0.2) is 11.5 Å². The number of carbonyl (C=O) groups is 1. The third kappa shape index (κ3) is 6.09. The van der Waals surface area contributed by atoms with E-state index in [0.29, 0.717) is 31.8 Å². The third-order valence-corrected chi connectivity index (χ3v) is 3.73. The lowest BCUT2D eigenvalue weighted by Gasteiger charge is -2.11. The average molecular weight is 425 g/mol. The molecule has 0 fully saturated rings. The molecule has 0 aliphatic heterocycles. The molecule has 1 N–H and O–H groups in total. The summed E-state index contributed by atoms with van der Waals surface area (Å²) in [5, 5.41) is 2.89. The zero-order chi connectivity index (χ0) is 16.5. The highest BCUT2D eigenvalue weighted by Crippen LogP contribution is 2.26. The van der Waals surface area contributed by atoms with Crippen molar-refractivity contribution < 1.29 is 14.3 Å². The summed E-state index contributed by atoms with van der Waals surface area (Å²) in [7, 11) is 0. The number of amides is 1. The molecule has 5 heteroatoms. The first-order valence-corrected chi connectivity index (χ1v) is 8.67. The molecule has 0 unspecified atom stereocenters. The molecule has 0 aliphatic rings. The summed E-state index contributed by atoms with van der Waals surface area (Å²) >= 11 is 2.22. The number of carbonyl (C=O) groups excluding carboxylic acids is 1. The first kappa shape index (κ1) is 17.6. The summed E-state index contributed by atoms with van der Waals surface area (Å²) in [5.41, 5.74) is 0.824. The van der Waals surface area contributed by atoms with E-state index in [4.69, 9.17) is 9.47 Å². The molecular formula is C18H20INO3. The fourth-order valence-corrected chi connectivity index (χ4v) is 2.59. The van der Waals surface area contributed by atoms with Crippen molar-refractivity contribution in [2.45, 2.75) is 19.8 Å². The zero-order valence-electron chi connectivity index (χ0n) is 13.0. The van der Waals surface area contributed by atoms with Gasteiger partial charge < -0.3 is 14.8 Å². The first-order chi connectivity index (χ1) is 11.2. The standard InChI is InChI=1S/C18H20INO3/c1-2-22-16-9-3-4-10-17(16)23-12-6-11-18(21)20-15-8-5-7-14(19)13-15/h3-5,7-10,13H,2,6,11-12H2,1H3,(H,20,21). The van der Waals surface area contributed by atoms with Crippen LogP contribution in [0.25, 0.3) is 0 Å². The van der Waals surface area contributed by atoms with Crippen molar-refractivity contribution >= 4 is 34.2 Å². The predicted molar refractivity (Wildman–Crippen MR) is 100 cm³/mol. The molecule has 23 heavy (non-hydrogen) atoms. The van der Waals surface area contributed by atoms with Crippen molar-refractivity contribution in [2.75, 3.05) is 18.5 Å². The summed E-state index contributed by atoms with van der Waals surface area (Å²) in [5.74, 6) is 1.44. The van der Waals surface area contributed by atoms with Crippen molar-refractivity contribution in [3.8, 4) is 11.5 Å². The van der Waals surface area contributed by atoms with Gasteiger partial charge in [-0.25, -0.2) is 0 Å². The molecular weight excluding hydrogens is 405 g/mol. The van der Waals surface area contributed by atoms with Gasteiger partial charge in [0.2, 0.25) is 5.91 Å². The van der Waals surface area contributed by atoms with Crippen LogP contribution in [0.2, 0.25) is 0 Å². The summed E-state index contributed by atoms with van der Waals surface area (Å²) in [6.45, 7) is 3.01. The normalized spacial score (nSPS) is 10.2. The Morgan fingerprint density at radius 1 is 1.09 bits per heavy atom. The lowest BCUT2D eigenvalue weighted by Crippen LogP contribution is -2.13. The van der Waals surface area contributed by atoms with Crippen molar-refractivity contribution in [3.63, 3.8) is 0 Å². The second kappa shape index (κ2) is 9.39. The molecule has 0 aliphatic carbocycles. The Morgan fingerprint density at radius 2 is 1.83 bits per heavy atom. The monoisotopic (exact) mass is 425 g/mol. The molecule has 0 aromatic heterocycles. The Bertz CT molecular complexity index is 646. The highest BCUT2D eigenvalue weighted by molar-refractivity contribution is 14.1. The number of benzene rings is 2. The number of ether oxygens (including phenoxy) is 2. The minimum absolute atomic E-state index is 0.00584. The first-order valence-electron chi connectivity index (χ1n) is 7.59. The molecule has 0 spiro atoms. The molecule has 2 aromatic carbocycles. The number of para-hydroxylation sites is 2. The number of hydrogen-bond donors (Lipinski definition) is 1. The maximum Gasteiger partial charge on any atom is 0.224 e. The van der Waals surface area contributed by atoms with Gasteiger partial charge in [-0.1, -0.05) is 18.2 Å². The van der Waals surface area contributed by atoms with Crippen LogP contribution in [0.4, 0.5) is 5.69 Å². The Morgan fingerprint density at radius 3 is 2.52 bits per heavy atom. The van der Waals surface area contributed by atoms with E-state index in [-0.39, 0.29) is 5.91 Å². The van der Waals surface area contributed by atoms with Crippen molar-refractivity contribution in [2.24, 2.45) is 0 Å². The predicted octanol–water partition coefficient (Wildman–Crippen LogP) is 4.49. The number of nitrogens with one attached hydrogen (secondary N) is 1. The minimum atomic E-state index is -0.00584. The molecule has 4 nitrogen and oxygen atoms in total. The van der Waals surface area contributed by atoms with Gasteiger partial charge in [0.25, 0.3) is 0 Å². The molecule has 0 atom stereocenters. The molecule has 122 valence electrons. The van der Waals surface area contributed by atoms with Gasteiger partial charge in [0.1, 0.15) is 0 Å². The van der Waals surface area contributed by atoms with E-state index in [1.54, 1.807) is 0 Å². The minimum Gasteiger partial charge on any atom is -0.490 e. The molecule has 2 rings (SSSR count). The summed E-state index contributed by atoms with van der Waals surface area (Å²) in [6.07, 6.45) is 1.07. The van der Waals surface area contributed by atoms with E-state index in [1.807, 2.05) is 55.5 Å². The van der Waals surface area contributed by atoms with Gasteiger partial charge in [-0.3, -0.25) is 4.79 Å². The molecule has 0 heterocycles. The lowest BCUT2D eigenvalue weighted by molar-refractivity contribution is -0.116. The van der Waals surface area contributed by atoms with Crippen molar-refractivity contribution in [1.29, 1.82) is 0 Å². The van der Waals surface area contributed by atoms with Gasteiger partial charge in [-0.05, 0) is 66.3 Å². The maximum atomic E-state index is 11.9. The number of anilines is 1.